The third-order valence-corrected chi connectivity index (χ3v) is 3.97. The van der Waals surface area contributed by atoms with Gasteiger partial charge in [0.15, 0.2) is 0 Å². The molecule has 8 nitrogen and oxygen atoms in total. The minimum Gasteiger partial charge on any atom is -0.347 e. The number of hydrogen-bond acceptors (Lipinski definition) is 4. The molecule has 0 atom stereocenters. The Hall–Kier alpha value is -3.16. The maximum atomic E-state index is 12.1. The minimum absolute atomic E-state index is 0.104. The summed E-state index contributed by atoms with van der Waals surface area (Å²) in [6.07, 6.45) is 0. The molecule has 0 saturated heterocycles. The number of hydrogen-bond donors (Lipinski definition) is 2. The zero-order chi connectivity index (χ0) is 18.0. The molecule has 8 heteroatoms. The first-order valence-electron chi connectivity index (χ1n) is 7.91. The predicted octanol–water partition coefficient (Wildman–Crippen LogP) is 0.661. The fourth-order valence-electron chi connectivity index (χ4n) is 2.67. The number of para-hydroxylation sites is 2. The Morgan fingerprint density at radius 3 is 2.60 bits per heavy atom. The van der Waals surface area contributed by atoms with Crippen molar-refractivity contribution >= 4 is 22.8 Å². The number of fused-ring (bicyclic) bond motifs is 1. The van der Waals surface area contributed by atoms with Gasteiger partial charge in [0, 0.05) is 14.1 Å². The average molecular weight is 340 g/mol. The van der Waals surface area contributed by atoms with E-state index in [-0.39, 0.29) is 18.4 Å². The number of amides is 2. The number of rotatable bonds is 5. The summed E-state index contributed by atoms with van der Waals surface area (Å²) in [7, 11) is 3.59. The highest BCUT2D eigenvalue weighted by Gasteiger charge is 2.13. The molecule has 130 valence electrons. The first-order chi connectivity index (χ1) is 12.0. The number of carbonyl (C=O) groups is 2. The molecule has 0 bridgehead atoms. The van der Waals surface area contributed by atoms with E-state index in [1.54, 1.807) is 20.0 Å². The van der Waals surface area contributed by atoms with Crippen molar-refractivity contribution in [1.29, 1.82) is 0 Å². The van der Waals surface area contributed by atoms with Crippen molar-refractivity contribution in [3.8, 4) is 0 Å². The standard InChI is InChI=1S/C17H20N6O2/c1-11-8-14(23(3)21-11)17(25)19-10-16(24)18-9-15-20-12-6-4-5-7-13(12)22(15)2/h4-8H,9-10H2,1-3H3,(H,18,24)(H,19,25). The van der Waals surface area contributed by atoms with Gasteiger partial charge in [-0.25, -0.2) is 4.98 Å². The van der Waals surface area contributed by atoms with Gasteiger partial charge in [-0.3, -0.25) is 14.3 Å². The van der Waals surface area contributed by atoms with Crippen molar-refractivity contribution in [2.75, 3.05) is 6.54 Å². The number of imidazole rings is 1. The van der Waals surface area contributed by atoms with Gasteiger partial charge in [-0.05, 0) is 25.1 Å². The SMILES string of the molecule is Cc1cc(C(=O)NCC(=O)NCc2nc3ccccc3n2C)n(C)n1. The number of carbonyl (C=O) groups excluding carboxylic acids is 2. The third-order valence-electron chi connectivity index (χ3n) is 3.97. The maximum Gasteiger partial charge on any atom is 0.269 e. The van der Waals surface area contributed by atoms with E-state index in [1.165, 1.54) is 4.68 Å². The highest BCUT2D eigenvalue weighted by Crippen LogP contribution is 2.13. The number of benzene rings is 1. The van der Waals surface area contributed by atoms with Gasteiger partial charge in [0.2, 0.25) is 5.91 Å². The second-order valence-corrected chi connectivity index (χ2v) is 5.83. The molecule has 0 fully saturated rings. The minimum atomic E-state index is -0.332. The Bertz CT molecular complexity index is 940. The molecule has 2 aromatic heterocycles. The van der Waals surface area contributed by atoms with Crippen molar-refractivity contribution in [1.82, 2.24) is 30.0 Å². The van der Waals surface area contributed by atoms with Gasteiger partial charge in [0.05, 0.1) is 29.8 Å². The van der Waals surface area contributed by atoms with Gasteiger partial charge < -0.3 is 15.2 Å². The summed E-state index contributed by atoms with van der Waals surface area (Å²) >= 11 is 0. The molecular formula is C17H20N6O2. The van der Waals surface area contributed by atoms with Crippen LogP contribution in [0.5, 0.6) is 0 Å². The number of nitrogens with zero attached hydrogens (tertiary/aromatic N) is 4. The smallest absolute Gasteiger partial charge is 0.269 e. The van der Waals surface area contributed by atoms with Crippen LogP contribution in [0.15, 0.2) is 30.3 Å². The molecule has 0 unspecified atom stereocenters. The largest absolute Gasteiger partial charge is 0.347 e. The van der Waals surface area contributed by atoms with Gasteiger partial charge in [-0.15, -0.1) is 0 Å². The third kappa shape index (κ3) is 3.52. The topological polar surface area (TPSA) is 93.8 Å². The molecule has 0 spiro atoms. The lowest BCUT2D eigenvalue weighted by atomic mass is 10.3. The van der Waals surface area contributed by atoms with Crippen LogP contribution in [0.25, 0.3) is 11.0 Å². The summed E-state index contributed by atoms with van der Waals surface area (Å²) in [6.45, 7) is 2.00. The highest BCUT2D eigenvalue weighted by molar-refractivity contribution is 5.95. The van der Waals surface area contributed by atoms with Gasteiger partial charge in [-0.2, -0.15) is 5.10 Å². The number of aromatic nitrogens is 4. The lowest BCUT2D eigenvalue weighted by molar-refractivity contribution is -0.120. The zero-order valence-corrected chi connectivity index (χ0v) is 14.4. The molecule has 25 heavy (non-hydrogen) atoms. The molecule has 0 aliphatic carbocycles. The first-order valence-corrected chi connectivity index (χ1v) is 7.91. The fourth-order valence-corrected chi connectivity index (χ4v) is 2.67. The van der Waals surface area contributed by atoms with Crippen molar-refractivity contribution in [3.05, 3.63) is 47.5 Å². The van der Waals surface area contributed by atoms with E-state index in [4.69, 9.17) is 0 Å². The highest BCUT2D eigenvalue weighted by atomic mass is 16.2. The van der Waals surface area contributed by atoms with E-state index in [9.17, 15) is 9.59 Å². The van der Waals surface area contributed by atoms with Crippen LogP contribution in [0.1, 0.15) is 22.0 Å². The van der Waals surface area contributed by atoms with E-state index in [1.807, 2.05) is 35.9 Å². The molecule has 1 aromatic carbocycles. The van der Waals surface area contributed by atoms with Crippen LogP contribution in [0.3, 0.4) is 0 Å². The van der Waals surface area contributed by atoms with Gasteiger partial charge in [-0.1, -0.05) is 12.1 Å². The van der Waals surface area contributed by atoms with E-state index in [0.717, 1.165) is 22.6 Å². The summed E-state index contributed by atoms with van der Waals surface area (Å²) in [5, 5.41) is 9.47. The summed E-state index contributed by atoms with van der Waals surface area (Å²) < 4.78 is 3.43. The summed E-state index contributed by atoms with van der Waals surface area (Å²) in [4.78, 5) is 28.5. The Labute approximate surface area is 144 Å². The zero-order valence-electron chi connectivity index (χ0n) is 14.4. The monoisotopic (exact) mass is 340 g/mol. The Morgan fingerprint density at radius 2 is 1.92 bits per heavy atom. The second-order valence-electron chi connectivity index (χ2n) is 5.83. The van der Waals surface area contributed by atoms with Crippen molar-refractivity contribution in [3.63, 3.8) is 0 Å². The van der Waals surface area contributed by atoms with Crippen molar-refractivity contribution in [2.45, 2.75) is 13.5 Å². The fraction of sp³-hybridized carbons (Fsp3) is 0.294. The molecular weight excluding hydrogens is 320 g/mol. The molecule has 2 amide bonds. The van der Waals surface area contributed by atoms with E-state index in [0.29, 0.717) is 12.2 Å². The molecule has 3 aromatic rings. The molecule has 0 aliphatic rings. The molecule has 0 aliphatic heterocycles. The van der Waals surface area contributed by atoms with Gasteiger partial charge >= 0.3 is 0 Å². The normalized spacial score (nSPS) is 10.8. The molecule has 0 radical (unpaired) electrons. The van der Waals surface area contributed by atoms with Crippen LogP contribution < -0.4 is 10.6 Å². The van der Waals surface area contributed by atoms with Gasteiger partial charge in [0.25, 0.3) is 5.91 Å². The number of aryl methyl sites for hydroxylation is 3. The van der Waals surface area contributed by atoms with Crippen LogP contribution in [0, 0.1) is 6.92 Å². The van der Waals surface area contributed by atoms with Crippen LogP contribution in [0.4, 0.5) is 0 Å². The lowest BCUT2D eigenvalue weighted by Crippen LogP contribution is -2.37. The summed E-state index contributed by atoms with van der Waals surface area (Å²) in [6, 6.07) is 9.45. The summed E-state index contributed by atoms with van der Waals surface area (Å²) in [5.74, 6) is 0.142. The van der Waals surface area contributed by atoms with Crippen LogP contribution in [-0.2, 0) is 25.4 Å². The molecule has 2 N–H and O–H groups in total. The average Bonchev–Trinajstić information content (AvgIpc) is 3.10. The van der Waals surface area contributed by atoms with E-state index >= 15 is 0 Å². The maximum absolute atomic E-state index is 12.1. The van der Waals surface area contributed by atoms with Crippen LogP contribution in [-0.4, -0.2) is 37.7 Å². The van der Waals surface area contributed by atoms with Gasteiger partial charge in [0.1, 0.15) is 11.5 Å². The molecule has 3 rings (SSSR count). The Kier molecular flexibility index (Phi) is 4.51. The Balaban J connectivity index is 1.55. The first kappa shape index (κ1) is 16.7. The molecule has 2 heterocycles. The Morgan fingerprint density at radius 1 is 1.16 bits per heavy atom. The van der Waals surface area contributed by atoms with Crippen LogP contribution in [0.2, 0.25) is 0 Å². The predicted molar refractivity (Wildman–Crippen MR) is 92.8 cm³/mol. The van der Waals surface area contributed by atoms with Crippen LogP contribution >= 0.6 is 0 Å². The van der Waals surface area contributed by atoms with E-state index in [2.05, 4.69) is 20.7 Å². The molecule has 0 saturated carbocycles. The number of nitrogens with one attached hydrogen (secondary N) is 2. The quantitative estimate of drug-likeness (QED) is 0.713. The lowest BCUT2D eigenvalue weighted by Gasteiger charge is -2.07. The van der Waals surface area contributed by atoms with Crippen molar-refractivity contribution in [2.24, 2.45) is 14.1 Å². The van der Waals surface area contributed by atoms with E-state index < -0.39 is 0 Å². The van der Waals surface area contributed by atoms with Crippen molar-refractivity contribution < 1.29 is 9.59 Å². The summed E-state index contributed by atoms with van der Waals surface area (Å²) in [5.41, 5.74) is 3.06. The second kappa shape index (κ2) is 6.76.